The average Bonchev–Trinajstić information content (AvgIpc) is 2.47. The Labute approximate surface area is 130 Å². The number of alkyl halides is 2. The van der Waals surface area contributed by atoms with Crippen LogP contribution in [-0.4, -0.2) is 17.2 Å². The smallest absolute Gasteiger partial charge is 0.423 e. The second-order valence-corrected chi connectivity index (χ2v) is 4.56. The second kappa shape index (κ2) is 6.32. The zero-order chi connectivity index (χ0) is 18.2. The molecule has 3 nitrogen and oxygen atoms in total. The molecule has 0 unspecified atom stereocenters. The molecule has 0 radical (unpaired) electrons. The molecule has 0 spiro atoms. The lowest BCUT2D eigenvalue weighted by Crippen LogP contribution is -2.31. The molecule has 2 aromatic carbocycles. The Kier molecular flexibility index (Phi) is 4.76. The molecule has 0 aliphatic heterocycles. The van der Waals surface area contributed by atoms with E-state index >= 15 is 0 Å². The Morgan fingerprint density at radius 2 is 1.25 bits per heavy atom. The lowest BCUT2D eigenvalue weighted by atomic mass is 9.80. The Bertz CT molecular complexity index is 736. The van der Waals surface area contributed by atoms with Crippen molar-refractivity contribution < 1.29 is 45.5 Å². The summed E-state index contributed by atoms with van der Waals surface area (Å²) >= 11 is 0. The minimum absolute atomic E-state index is 0.0972. The van der Waals surface area contributed by atoms with Crippen molar-refractivity contribution in [1.82, 2.24) is 0 Å². The zero-order valence-corrected chi connectivity index (χ0v) is 11.3. The van der Waals surface area contributed by atoms with Crippen LogP contribution in [0.25, 0.3) is 0 Å². The van der Waals surface area contributed by atoms with Gasteiger partial charge in [-0.3, -0.25) is 0 Å². The van der Waals surface area contributed by atoms with Gasteiger partial charge in [0, 0.05) is 0 Å². The van der Waals surface area contributed by atoms with Crippen LogP contribution in [0.15, 0.2) is 24.3 Å². The van der Waals surface area contributed by atoms with Crippen molar-refractivity contribution in [3.8, 4) is 5.75 Å². The highest BCUT2D eigenvalue weighted by Gasteiger charge is 2.38. The van der Waals surface area contributed by atoms with E-state index in [-0.39, 0.29) is 12.1 Å². The molecule has 0 fully saturated rings. The molecule has 0 bridgehead atoms. The minimum Gasteiger partial charge on any atom is -0.423 e. The molecule has 11 heteroatoms. The van der Waals surface area contributed by atoms with E-state index in [1.807, 2.05) is 0 Å². The van der Waals surface area contributed by atoms with Gasteiger partial charge >= 0.3 is 13.2 Å². The maximum Gasteiger partial charge on any atom is 0.488 e. The first-order chi connectivity index (χ1) is 11.0. The summed E-state index contributed by atoms with van der Waals surface area (Å²) in [5, 5.41) is 17.6. The van der Waals surface area contributed by atoms with E-state index in [9.17, 15) is 30.7 Å². The van der Waals surface area contributed by atoms with Gasteiger partial charge in [0.15, 0.2) is 34.8 Å². The Balaban J connectivity index is 2.43. The van der Waals surface area contributed by atoms with Crippen molar-refractivity contribution >= 4 is 12.6 Å². The van der Waals surface area contributed by atoms with Gasteiger partial charge in [0.2, 0.25) is 0 Å². The van der Waals surface area contributed by atoms with Crippen molar-refractivity contribution in [3.63, 3.8) is 0 Å². The van der Waals surface area contributed by atoms with Crippen LogP contribution in [0.4, 0.5) is 30.7 Å². The first kappa shape index (κ1) is 18.1. The van der Waals surface area contributed by atoms with Crippen LogP contribution >= 0.6 is 0 Å². The van der Waals surface area contributed by atoms with Gasteiger partial charge in [-0.25, -0.2) is 22.0 Å². The number of hydrogen-bond acceptors (Lipinski definition) is 3. The van der Waals surface area contributed by atoms with Crippen molar-refractivity contribution in [1.29, 1.82) is 0 Å². The Hall–Kier alpha value is -2.27. The van der Waals surface area contributed by atoms with E-state index in [0.29, 0.717) is 12.1 Å². The van der Waals surface area contributed by atoms with Gasteiger partial charge in [0.1, 0.15) is 0 Å². The molecule has 0 aliphatic rings. The summed E-state index contributed by atoms with van der Waals surface area (Å²) in [6.07, 6.45) is -4.61. The van der Waals surface area contributed by atoms with Crippen LogP contribution in [0.1, 0.15) is 5.56 Å². The first-order valence-electron chi connectivity index (χ1n) is 6.10. The quantitative estimate of drug-likeness (QED) is 0.503. The van der Waals surface area contributed by atoms with Gasteiger partial charge in [-0.2, -0.15) is 8.78 Å². The highest BCUT2D eigenvalue weighted by atomic mass is 19.3. The molecule has 0 aliphatic carbocycles. The maximum atomic E-state index is 13.8. The molecule has 0 atom stereocenters. The van der Waals surface area contributed by atoms with Gasteiger partial charge in [-0.15, -0.1) is 0 Å². The van der Waals surface area contributed by atoms with Crippen LogP contribution in [0.3, 0.4) is 0 Å². The third-order valence-electron chi connectivity index (χ3n) is 2.87. The van der Waals surface area contributed by atoms with Crippen LogP contribution in [-0.2, 0) is 6.11 Å². The van der Waals surface area contributed by atoms with Crippen molar-refractivity contribution in [2.75, 3.05) is 0 Å². The summed E-state index contributed by atoms with van der Waals surface area (Å²) in [5.74, 6) is -11.0. The average molecular weight is 354 g/mol. The maximum absolute atomic E-state index is 13.8. The fraction of sp³-hybridized carbons (Fsp3) is 0.0769. The number of rotatable bonds is 4. The topological polar surface area (TPSA) is 49.7 Å². The van der Waals surface area contributed by atoms with Gasteiger partial charge in [0.25, 0.3) is 0 Å². The van der Waals surface area contributed by atoms with E-state index < -0.39 is 59.1 Å². The number of benzene rings is 2. The van der Waals surface area contributed by atoms with Gasteiger partial charge in [0.05, 0.1) is 5.56 Å². The summed E-state index contributed by atoms with van der Waals surface area (Å²) < 4.78 is 97.5. The van der Waals surface area contributed by atoms with E-state index in [2.05, 4.69) is 4.74 Å². The molecule has 0 saturated heterocycles. The van der Waals surface area contributed by atoms with Crippen LogP contribution in [0.5, 0.6) is 5.75 Å². The third kappa shape index (κ3) is 3.46. The minimum atomic E-state index is -4.61. The largest absolute Gasteiger partial charge is 0.488 e. The van der Waals surface area contributed by atoms with Gasteiger partial charge < -0.3 is 14.8 Å². The predicted molar refractivity (Wildman–Crippen MR) is 67.0 cm³/mol. The summed E-state index contributed by atoms with van der Waals surface area (Å²) in [6, 6.07) is 0.427. The van der Waals surface area contributed by atoms with E-state index in [1.165, 1.54) is 0 Å². The number of ether oxygens (including phenoxy) is 1. The summed E-state index contributed by atoms with van der Waals surface area (Å²) in [7, 11) is -2.27. The van der Waals surface area contributed by atoms with E-state index in [1.54, 1.807) is 0 Å². The monoisotopic (exact) mass is 354 g/mol. The van der Waals surface area contributed by atoms with Gasteiger partial charge in [-0.1, -0.05) is 0 Å². The fourth-order valence-electron chi connectivity index (χ4n) is 1.74. The SMILES string of the molecule is OB(O)c1cc(F)c(OC(F)(F)c2cc(F)c(F)c(F)c2)c(F)c1. The Morgan fingerprint density at radius 3 is 1.67 bits per heavy atom. The molecule has 2 N–H and O–H groups in total. The first-order valence-corrected chi connectivity index (χ1v) is 6.10. The third-order valence-corrected chi connectivity index (χ3v) is 2.87. The molecular weight excluding hydrogens is 348 g/mol. The molecule has 0 heterocycles. The molecule has 0 aromatic heterocycles. The highest BCUT2D eigenvalue weighted by Crippen LogP contribution is 2.35. The number of halogens is 7. The van der Waals surface area contributed by atoms with Crippen molar-refractivity contribution in [3.05, 3.63) is 58.9 Å². The standard InChI is InChI=1S/C13H6BF7O3/c15-7-1-5(2-8(16)11(7)19)13(20,21)24-12-9(17)3-6(14(22)23)4-10(12)18/h1-4,22-23H. The van der Waals surface area contributed by atoms with Gasteiger partial charge in [-0.05, 0) is 29.7 Å². The summed E-state index contributed by atoms with van der Waals surface area (Å²) in [5.41, 5.74) is -2.21. The molecule has 128 valence electrons. The van der Waals surface area contributed by atoms with Crippen molar-refractivity contribution in [2.24, 2.45) is 0 Å². The lowest BCUT2D eigenvalue weighted by molar-refractivity contribution is -0.188. The lowest BCUT2D eigenvalue weighted by Gasteiger charge is -2.19. The number of hydrogen-bond donors (Lipinski definition) is 2. The van der Waals surface area contributed by atoms with E-state index in [4.69, 9.17) is 10.0 Å². The molecule has 2 rings (SSSR count). The zero-order valence-electron chi connectivity index (χ0n) is 11.3. The van der Waals surface area contributed by atoms with Crippen LogP contribution in [0, 0.1) is 29.1 Å². The van der Waals surface area contributed by atoms with Crippen molar-refractivity contribution in [2.45, 2.75) is 6.11 Å². The predicted octanol–water partition coefficient (Wildman–Crippen LogP) is 2.19. The second-order valence-electron chi connectivity index (χ2n) is 4.56. The molecule has 0 amide bonds. The highest BCUT2D eigenvalue weighted by molar-refractivity contribution is 6.58. The molecule has 24 heavy (non-hydrogen) atoms. The molecule has 2 aromatic rings. The Morgan fingerprint density at radius 1 is 0.792 bits per heavy atom. The van der Waals surface area contributed by atoms with Crippen LogP contribution < -0.4 is 10.2 Å². The normalized spacial score (nSPS) is 11.5. The van der Waals surface area contributed by atoms with E-state index in [0.717, 1.165) is 0 Å². The summed E-state index contributed by atoms with van der Waals surface area (Å²) in [4.78, 5) is 0. The molecule has 0 saturated carbocycles. The molecular formula is C13H6BF7O3. The summed E-state index contributed by atoms with van der Waals surface area (Å²) in [6.45, 7) is 0. The van der Waals surface area contributed by atoms with Crippen LogP contribution in [0.2, 0.25) is 0 Å². The fourth-order valence-corrected chi connectivity index (χ4v) is 1.74.